The molecular weight excluding hydrogens is 508 g/mol. The highest BCUT2D eigenvalue weighted by Gasteiger charge is 2.54. The fourth-order valence-electron chi connectivity index (χ4n) is 5.49. The Morgan fingerprint density at radius 2 is 1.49 bits per heavy atom. The molecule has 202 valence electrons. The normalized spacial score (nSPS) is 17.4. The first-order chi connectivity index (χ1) is 19.0. The summed E-state index contributed by atoms with van der Waals surface area (Å²) in [5.74, 6) is 0.232. The molecule has 1 spiro atoms. The van der Waals surface area contributed by atoms with Crippen LogP contribution in [-0.2, 0) is 14.4 Å². The molecule has 0 saturated carbocycles. The maximum absolute atomic E-state index is 13.9. The number of nitrogens with one attached hydrogen (secondary N) is 1. The van der Waals surface area contributed by atoms with Gasteiger partial charge in [0, 0.05) is 23.7 Å². The summed E-state index contributed by atoms with van der Waals surface area (Å²) >= 11 is 1.53. The first-order valence-corrected chi connectivity index (χ1v) is 14.4. The first kappa shape index (κ1) is 26.8. The first-order valence-electron chi connectivity index (χ1n) is 13.4. The van der Waals surface area contributed by atoms with Crippen LogP contribution in [0, 0.1) is 0 Å². The average Bonchev–Trinajstić information content (AvgIpc) is 3.23. The number of thioether (sulfide) groups is 1. The Morgan fingerprint density at radius 3 is 2.13 bits per heavy atom. The van der Waals surface area contributed by atoms with Gasteiger partial charge in [0.15, 0.2) is 0 Å². The molecular formula is C31H34N4O3S. The number of amides is 3. The van der Waals surface area contributed by atoms with E-state index in [1.165, 1.54) is 11.8 Å². The molecule has 5 rings (SSSR count). The van der Waals surface area contributed by atoms with Gasteiger partial charge in [0.25, 0.3) is 5.91 Å². The van der Waals surface area contributed by atoms with Gasteiger partial charge in [-0.05, 0) is 49.6 Å². The smallest absolute Gasteiger partial charge is 0.250 e. The van der Waals surface area contributed by atoms with E-state index >= 15 is 0 Å². The molecule has 8 heteroatoms. The lowest BCUT2D eigenvalue weighted by molar-refractivity contribution is -0.139. The van der Waals surface area contributed by atoms with E-state index in [1.807, 2.05) is 103 Å². The van der Waals surface area contributed by atoms with Crippen LogP contribution in [0.5, 0.6) is 0 Å². The van der Waals surface area contributed by atoms with Gasteiger partial charge in [-0.1, -0.05) is 66.7 Å². The van der Waals surface area contributed by atoms with Crippen molar-refractivity contribution in [2.75, 3.05) is 37.0 Å². The Balaban J connectivity index is 1.26. The molecule has 2 aliphatic rings. The number of piperidine rings is 1. The minimum absolute atomic E-state index is 0.00253. The molecule has 1 N–H and O–H groups in total. The van der Waals surface area contributed by atoms with Crippen LogP contribution < -0.4 is 10.2 Å². The van der Waals surface area contributed by atoms with E-state index in [1.54, 1.807) is 4.90 Å². The Hall–Kier alpha value is -3.78. The van der Waals surface area contributed by atoms with Crippen molar-refractivity contribution in [2.24, 2.45) is 0 Å². The number of rotatable bonds is 8. The van der Waals surface area contributed by atoms with Gasteiger partial charge in [-0.25, -0.2) is 0 Å². The minimum Gasteiger partial charge on any atom is -0.348 e. The molecule has 39 heavy (non-hydrogen) atoms. The maximum atomic E-state index is 13.9. The molecule has 2 fully saturated rings. The minimum atomic E-state index is -0.768. The zero-order valence-electron chi connectivity index (χ0n) is 22.2. The number of hydrogen-bond donors (Lipinski definition) is 1. The van der Waals surface area contributed by atoms with Crippen molar-refractivity contribution in [3.05, 3.63) is 96.6 Å². The Morgan fingerprint density at radius 1 is 0.897 bits per heavy atom. The highest BCUT2D eigenvalue weighted by Crippen LogP contribution is 2.39. The quantitative estimate of drug-likeness (QED) is 0.429. The monoisotopic (exact) mass is 542 g/mol. The fourth-order valence-corrected chi connectivity index (χ4v) is 6.31. The topological polar surface area (TPSA) is 73.0 Å². The largest absolute Gasteiger partial charge is 0.348 e. The second kappa shape index (κ2) is 11.9. The molecule has 7 nitrogen and oxygen atoms in total. The lowest BCUT2D eigenvalue weighted by atomic mass is 9.85. The standard InChI is InChI=1S/C31H34N4O3S/c1-24(25-11-5-2-6-12-25)32-28(36)21-34-23-35(26-13-7-3-8-14-26)31(30(34)38)17-19-33(20-18-31)29(37)22-39-27-15-9-4-10-16-27/h2-16,24H,17-23H2,1H3,(H,32,36). The molecule has 3 aromatic rings. The Labute approximate surface area is 234 Å². The van der Waals surface area contributed by atoms with Gasteiger partial charge >= 0.3 is 0 Å². The number of anilines is 1. The molecule has 1 atom stereocenters. The van der Waals surface area contributed by atoms with Gasteiger partial charge in [-0.3, -0.25) is 14.4 Å². The summed E-state index contributed by atoms with van der Waals surface area (Å²) in [5, 5.41) is 3.03. The van der Waals surface area contributed by atoms with Gasteiger partial charge in [0.05, 0.1) is 18.5 Å². The van der Waals surface area contributed by atoms with Crippen molar-refractivity contribution in [3.63, 3.8) is 0 Å². The number of nitrogens with zero attached hydrogens (tertiary/aromatic N) is 3. The van der Waals surface area contributed by atoms with E-state index in [4.69, 9.17) is 0 Å². The second-order valence-corrected chi connectivity index (χ2v) is 11.2. The average molecular weight is 543 g/mol. The number of para-hydroxylation sites is 1. The van der Waals surface area contributed by atoms with Crippen LogP contribution in [0.2, 0.25) is 0 Å². The zero-order chi connectivity index (χ0) is 27.2. The van der Waals surface area contributed by atoms with Crippen molar-refractivity contribution in [2.45, 2.75) is 36.2 Å². The highest BCUT2D eigenvalue weighted by atomic mass is 32.2. The second-order valence-electron chi connectivity index (χ2n) is 10.1. The van der Waals surface area contributed by atoms with Gasteiger partial charge in [-0.15, -0.1) is 11.8 Å². The summed E-state index contributed by atoms with van der Waals surface area (Å²) in [4.78, 5) is 46.6. The molecule has 3 aromatic carbocycles. The fraction of sp³-hybridized carbons (Fsp3) is 0.323. The number of hydrogen-bond acceptors (Lipinski definition) is 5. The van der Waals surface area contributed by atoms with E-state index in [2.05, 4.69) is 10.2 Å². The third-order valence-electron chi connectivity index (χ3n) is 7.64. The van der Waals surface area contributed by atoms with Crippen LogP contribution in [0.3, 0.4) is 0 Å². The van der Waals surface area contributed by atoms with E-state index in [0.29, 0.717) is 38.4 Å². The van der Waals surface area contributed by atoms with Crippen LogP contribution in [0.4, 0.5) is 5.69 Å². The summed E-state index contributed by atoms with van der Waals surface area (Å²) in [5.41, 5.74) is 1.20. The van der Waals surface area contributed by atoms with Crippen LogP contribution in [-0.4, -0.2) is 65.1 Å². The molecule has 0 aliphatic carbocycles. The van der Waals surface area contributed by atoms with E-state index in [9.17, 15) is 14.4 Å². The molecule has 2 saturated heterocycles. The number of likely N-dealkylation sites (tertiary alicyclic amines) is 1. The lowest BCUT2D eigenvalue weighted by Gasteiger charge is -2.43. The van der Waals surface area contributed by atoms with Crippen molar-refractivity contribution in [1.82, 2.24) is 15.1 Å². The molecule has 0 radical (unpaired) electrons. The van der Waals surface area contributed by atoms with Crippen LogP contribution in [0.15, 0.2) is 95.9 Å². The predicted octanol–water partition coefficient (Wildman–Crippen LogP) is 4.32. The number of carbonyl (C=O) groups is 3. The summed E-state index contributed by atoms with van der Waals surface area (Å²) in [6.07, 6.45) is 1.06. The van der Waals surface area contributed by atoms with E-state index < -0.39 is 5.54 Å². The summed E-state index contributed by atoms with van der Waals surface area (Å²) in [6, 6.07) is 29.4. The van der Waals surface area contributed by atoms with E-state index in [0.717, 1.165) is 16.1 Å². The predicted molar refractivity (Wildman–Crippen MR) is 154 cm³/mol. The summed E-state index contributed by atoms with van der Waals surface area (Å²) in [6.45, 7) is 3.30. The summed E-state index contributed by atoms with van der Waals surface area (Å²) in [7, 11) is 0. The van der Waals surface area contributed by atoms with Gasteiger partial charge in [0.1, 0.15) is 12.1 Å². The molecule has 3 amide bonds. The van der Waals surface area contributed by atoms with Crippen LogP contribution >= 0.6 is 11.8 Å². The number of carbonyl (C=O) groups excluding carboxylic acids is 3. The number of benzene rings is 3. The van der Waals surface area contributed by atoms with Gasteiger partial charge < -0.3 is 20.0 Å². The Bertz CT molecular complexity index is 1280. The highest BCUT2D eigenvalue weighted by molar-refractivity contribution is 8.00. The maximum Gasteiger partial charge on any atom is 0.250 e. The van der Waals surface area contributed by atoms with Crippen LogP contribution in [0.25, 0.3) is 0 Å². The molecule has 1 unspecified atom stereocenters. The van der Waals surface area contributed by atoms with Crippen molar-refractivity contribution in [3.8, 4) is 0 Å². The SMILES string of the molecule is CC(NC(=O)CN1CN(c2ccccc2)C2(CCN(C(=O)CSc3ccccc3)CC2)C1=O)c1ccccc1. The molecule has 2 aliphatic heterocycles. The van der Waals surface area contributed by atoms with Crippen molar-refractivity contribution >= 4 is 35.2 Å². The summed E-state index contributed by atoms with van der Waals surface area (Å²) < 4.78 is 0. The van der Waals surface area contributed by atoms with Gasteiger partial charge in [0.2, 0.25) is 11.8 Å². The third-order valence-corrected chi connectivity index (χ3v) is 8.64. The van der Waals surface area contributed by atoms with Crippen LogP contribution in [0.1, 0.15) is 31.4 Å². The molecule has 2 heterocycles. The van der Waals surface area contributed by atoms with E-state index in [-0.39, 0.29) is 30.3 Å². The third kappa shape index (κ3) is 5.96. The molecule has 0 bridgehead atoms. The molecule has 0 aromatic heterocycles. The van der Waals surface area contributed by atoms with Crippen molar-refractivity contribution < 1.29 is 14.4 Å². The Kier molecular flexibility index (Phi) is 8.21. The van der Waals surface area contributed by atoms with Gasteiger partial charge in [-0.2, -0.15) is 0 Å². The van der Waals surface area contributed by atoms with Crippen molar-refractivity contribution in [1.29, 1.82) is 0 Å². The lowest BCUT2D eigenvalue weighted by Crippen LogP contribution is -2.57. The zero-order valence-corrected chi connectivity index (χ0v) is 23.0.